The molecule has 3 rings (SSSR count). The third kappa shape index (κ3) is 5.16. The molecule has 3 nitrogen and oxygen atoms in total. The number of rotatable bonds is 8. The van der Waals surface area contributed by atoms with Gasteiger partial charge in [-0.2, -0.15) is 0 Å². The van der Waals surface area contributed by atoms with E-state index in [9.17, 15) is 5.11 Å². The molecule has 0 unspecified atom stereocenters. The van der Waals surface area contributed by atoms with Crippen molar-refractivity contribution in [2.75, 3.05) is 19.7 Å². The van der Waals surface area contributed by atoms with Crippen molar-refractivity contribution in [3.8, 4) is 11.5 Å². The maximum atomic E-state index is 9.65. The van der Waals surface area contributed by atoms with Gasteiger partial charge in [-0.25, -0.2) is 0 Å². The van der Waals surface area contributed by atoms with Gasteiger partial charge in [0.1, 0.15) is 18.1 Å². The van der Waals surface area contributed by atoms with E-state index in [1.165, 1.54) is 0 Å². The average Bonchev–Trinajstić information content (AvgIpc) is 2.74. The van der Waals surface area contributed by atoms with E-state index in [0.29, 0.717) is 11.6 Å². The largest absolute Gasteiger partial charge is 0.508 e. The van der Waals surface area contributed by atoms with Gasteiger partial charge in [-0.1, -0.05) is 73.1 Å². The fourth-order valence-corrected chi connectivity index (χ4v) is 3.26. The number of hydrogen-bond acceptors (Lipinski definition) is 3. The normalized spacial score (nSPS) is 11.8. The van der Waals surface area contributed by atoms with Crippen LogP contribution in [0.4, 0.5) is 0 Å². The predicted molar refractivity (Wildman–Crippen MR) is 117 cm³/mol. The van der Waals surface area contributed by atoms with Gasteiger partial charge in [-0.05, 0) is 47.5 Å². The molecule has 0 aliphatic rings. The second kappa shape index (κ2) is 9.98. The van der Waals surface area contributed by atoms with Crippen molar-refractivity contribution in [3.63, 3.8) is 0 Å². The van der Waals surface area contributed by atoms with Crippen LogP contribution in [0.5, 0.6) is 11.5 Å². The lowest BCUT2D eigenvalue weighted by Crippen LogP contribution is -2.20. The molecule has 0 heterocycles. The first-order valence-corrected chi connectivity index (χ1v) is 9.75. The molecule has 3 aromatic rings. The number of hydrogen-bond donors (Lipinski definition) is 2. The molecule has 0 aromatic heterocycles. The highest BCUT2D eigenvalue weighted by atomic mass is 35.5. The van der Waals surface area contributed by atoms with Crippen LogP contribution in [0.2, 0.25) is 0 Å². The zero-order valence-electron chi connectivity index (χ0n) is 15.9. The van der Waals surface area contributed by atoms with Crippen LogP contribution in [-0.4, -0.2) is 24.8 Å². The predicted octanol–water partition coefficient (Wildman–Crippen LogP) is 5.54. The number of halogens is 1. The van der Waals surface area contributed by atoms with Crippen molar-refractivity contribution >= 4 is 22.2 Å². The molecular formula is C24H24ClNO2. The Hall–Kier alpha value is -2.75. The van der Waals surface area contributed by atoms with Gasteiger partial charge in [0.25, 0.3) is 0 Å². The summed E-state index contributed by atoms with van der Waals surface area (Å²) in [6, 6.07) is 24.9. The van der Waals surface area contributed by atoms with Crippen molar-refractivity contribution in [3.05, 3.63) is 95.6 Å². The molecule has 0 saturated heterocycles. The summed E-state index contributed by atoms with van der Waals surface area (Å²) in [5.41, 5.74) is 3.77. The van der Waals surface area contributed by atoms with Crippen LogP contribution in [0, 0.1) is 0 Å². The van der Waals surface area contributed by atoms with Crippen LogP contribution in [0.3, 0.4) is 0 Å². The van der Waals surface area contributed by atoms with E-state index < -0.39 is 0 Å². The maximum absolute atomic E-state index is 9.65. The first-order chi connectivity index (χ1) is 13.7. The smallest absolute Gasteiger partial charge is 0.119 e. The first kappa shape index (κ1) is 20.0. The fraction of sp³-hybridized carbons (Fsp3) is 0.167. The van der Waals surface area contributed by atoms with E-state index in [1.54, 1.807) is 12.1 Å². The van der Waals surface area contributed by atoms with E-state index in [1.807, 2.05) is 66.7 Å². The van der Waals surface area contributed by atoms with E-state index in [4.69, 9.17) is 16.3 Å². The van der Waals surface area contributed by atoms with Gasteiger partial charge >= 0.3 is 0 Å². The zero-order valence-corrected chi connectivity index (χ0v) is 16.6. The minimum atomic E-state index is 0.225. The lowest BCUT2D eigenvalue weighted by Gasteiger charge is -2.14. The molecule has 0 amide bonds. The van der Waals surface area contributed by atoms with Gasteiger partial charge in [0, 0.05) is 12.1 Å². The molecule has 0 aliphatic heterocycles. The number of nitrogens with one attached hydrogen (secondary N) is 1. The molecular weight excluding hydrogens is 370 g/mol. The van der Waals surface area contributed by atoms with E-state index in [-0.39, 0.29) is 5.75 Å². The molecule has 4 heteroatoms. The number of ether oxygens (including phenoxy) is 1. The lowest BCUT2D eigenvalue weighted by molar-refractivity contribution is 0.315. The fourth-order valence-electron chi connectivity index (χ4n) is 2.91. The van der Waals surface area contributed by atoms with Crippen LogP contribution < -0.4 is 10.1 Å². The Morgan fingerprint density at radius 3 is 2.07 bits per heavy atom. The minimum absolute atomic E-state index is 0.225. The van der Waals surface area contributed by atoms with Crippen molar-refractivity contribution in [1.29, 1.82) is 0 Å². The zero-order chi connectivity index (χ0) is 19.8. The van der Waals surface area contributed by atoms with Gasteiger partial charge in [-0.3, -0.25) is 0 Å². The van der Waals surface area contributed by atoms with E-state index in [2.05, 4.69) is 12.2 Å². The lowest BCUT2D eigenvalue weighted by atomic mass is 9.95. The molecule has 28 heavy (non-hydrogen) atoms. The highest BCUT2D eigenvalue weighted by Crippen LogP contribution is 2.35. The van der Waals surface area contributed by atoms with Crippen LogP contribution in [0.1, 0.15) is 23.6 Å². The number of likely N-dealkylation sites (N-methyl/N-ethyl adjacent to an activating group) is 1. The summed E-state index contributed by atoms with van der Waals surface area (Å²) in [4.78, 5) is 0. The molecule has 144 valence electrons. The van der Waals surface area contributed by atoms with Gasteiger partial charge < -0.3 is 15.2 Å². The molecule has 0 bridgehead atoms. The summed E-state index contributed by atoms with van der Waals surface area (Å²) < 4.78 is 5.76. The molecule has 2 N–H and O–H groups in total. The van der Waals surface area contributed by atoms with Crippen molar-refractivity contribution < 1.29 is 9.84 Å². The molecule has 0 radical (unpaired) electrons. The van der Waals surface area contributed by atoms with Crippen LogP contribution >= 0.6 is 11.6 Å². The summed E-state index contributed by atoms with van der Waals surface area (Å²) in [5, 5.41) is 13.5. The topological polar surface area (TPSA) is 41.5 Å². The Balaban J connectivity index is 1.94. The van der Waals surface area contributed by atoms with Crippen LogP contribution in [0.15, 0.2) is 78.9 Å². The molecule has 0 saturated carbocycles. The molecule has 0 atom stereocenters. The average molecular weight is 394 g/mol. The van der Waals surface area contributed by atoms with E-state index >= 15 is 0 Å². The number of phenolic OH excluding ortho intramolecular Hbond substituents is 1. The van der Waals surface area contributed by atoms with E-state index in [0.717, 1.165) is 41.1 Å². The Kier molecular flexibility index (Phi) is 7.12. The van der Waals surface area contributed by atoms with Crippen molar-refractivity contribution in [2.24, 2.45) is 0 Å². The molecule has 0 fully saturated rings. The SMILES string of the molecule is CCNCCOc1ccc(/C(=C(/Cl)c2ccccc2)c2ccc(O)cc2)cc1. The molecule has 0 aliphatic carbocycles. The first-order valence-electron chi connectivity index (χ1n) is 9.37. The summed E-state index contributed by atoms with van der Waals surface area (Å²) in [5.74, 6) is 1.05. The second-order valence-electron chi connectivity index (χ2n) is 6.33. The second-order valence-corrected chi connectivity index (χ2v) is 6.71. The standard InChI is InChI=1S/C24H24ClNO2/c1-2-26-16-17-28-22-14-10-19(11-15-22)23(18-8-12-21(27)13-9-18)24(25)20-6-4-3-5-7-20/h3-15,26-27H,2,16-17H2,1H3/b24-23+. The maximum Gasteiger partial charge on any atom is 0.119 e. The highest BCUT2D eigenvalue weighted by molar-refractivity contribution is 6.53. The highest BCUT2D eigenvalue weighted by Gasteiger charge is 2.13. The minimum Gasteiger partial charge on any atom is -0.508 e. The molecule has 3 aromatic carbocycles. The Morgan fingerprint density at radius 2 is 1.46 bits per heavy atom. The number of phenols is 1. The van der Waals surface area contributed by atoms with Crippen molar-refractivity contribution in [1.82, 2.24) is 5.32 Å². The Morgan fingerprint density at radius 1 is 0.857 bits per heavy atom. The van der Waals surface area contributed by atoms with Crippen LogP contribution in [-0.2, 0) is 0 Å². The quantitative estimate of drug-likeness (QED) is 0.390. The van der Waals surface area contributed by atoms with Crippen LogP contribution in [0.25, 0.3) is 10.6 Å². The van der Waals surface area contributed by atoms with Gasteiger partial charge in [0.05, 0.1) is 5.03 Å². The van der Waals surface area contributed by atoms with Gasteiger partial charge in [-0.15, -0.1) is 0 Å². The third-order valence-corrected chi connectivity index (χ3v) is 4.75. The summed E-state index contributed by atoms with van der Waals surface area (Å²) in [6.07, 6.45) is 0. The van der Waals surface area contributed by atoms with Crippen molar-refractivity contribution in [2.45, 2.75) is 6.92 Å². The Labute approximate surface area is 171 Å². The Bertz CT molecular complexity index is 904. The van der Waals surface area contributed by atoms with Gasteiger partial charge in [0.15, 0.2) is 0 Å². The number of benzene rings is 3. The summed E-state index contributed by atoms with van der Waals surface area (Å²) >= 11 is 6.82. The molecule has 0 spiro atoms. The summed E-state index contributed by atoms with van der Waals surface area (Å²) in [7, 11) is 0. The monoisotopic (exact) mass is 393 g/mol. The number of aromatic hydroxyl groups is 1. The van der Waals surface area contributed by atoms with Gasteiger partial charge in [0.2, 0.25) is 0 Å². The third-order valence-electron chi connectivity index (χ3n) is 4.34. The summed E-state index contributed by atoms with van der Waals surface area (Å²) in [6.45, 7) is 4.44.